The van der Waals surface area contributed by atoms with Gasteiger partial charge in [-0.05, 0) is 38.1 Å². The van der Waals surface area contributed by atoms with Gasteiger partial charge >= 0.3 is 17.1 Å². The molecule has 2 aromatic rings. The molecule has 0 aliphatic heterocycles. The number of hydrogen-bond acceptors (Lipinski definition) is 6. The number of carboxylic acid groups (broad SMARTS) is 2. The number of carboxylic acids is 2. The first-order valence-electron chi connectivity index (χ1n) is 5.61. The van der Waals surface area contributed by atoms with Crippen LogP contribution in [0.15, 0.2) is 48.8 Å². The van der Waals surface area contributed by atoms with E-state index in [1.165, 1.54) is 0 Å². The maximum atomic E-state index is 8.89. The van der Waals surface area contributed by atoms with Crippen molar-refractivity contribution in [1.29, 1.82) is 0 Å². The summed E-state index contributed by atoms with van der Waals surface area (Å²) < 4.78 is 0. The van der Waals surface area contributed by atoms with Gasteiger partial charge in [0.15, 0.2) is 0 Å². The van der Waals surface area contributed by atoms with Crippen molar-refractivity contribution >= 4 is 11.9 Å². The Balaban J connectivity index is -0.000000142. The van der Waals surface area contributed by atoms with Crippen molar-refractivity contribution in [1.82, 2.24) is 9.97 Å². The van der Waals surface area contributed by atoms with E-state index in [0.717, 1.165) is 25.2 Å². The van der Waals surface area contributed by atoms with Crippen LogP contribution < -0.4 is 10.2 Å². The molecule has 2 aromatic heterocycles. The van der Waals surface area contributed by atoms with Crippen LogP contribution in [0.4, 0.5) is 0 Å². The predicted molar refractivity (Wildman–Crippen MR) is 78.6 cm³/mol. The molecule has 0 aliphatic carbocycles. The third-order valence-electron chi connectivity index (χ3n) is 1.59. The second kappa shape index (κ2) is 17.7. The van der Waals surface area contributed by atoms with Crippen LogP contribution in [0.25, 0.3) is 11.4 Å². The molecule has 2 rings (SSSR count). The Morgan fingerprint density at radius 3 is 1.22 bits per heavy atom. The van der Waals surface area contributed by atoms with Crippen LogP contribution in [-0.2, 0) is 37.6 Å². The molecule has 8 nitrogen and oxygen atoms in total. The molecular weight excluding hydrogens is 347 g/mol. The number of aromatic nitrogens is 2. The Kier molecular flexibility index (Phi) is 22.2. The number of rotatable bonds is 1. The molecule has 0 unspecified atom stereocenters. The van der Waals surface area contributed by atoms with Gasteiger partial charge in [-0.2, -0.15) is 0 Å². The summed E-state index contributed by atoms with van der Waals surface area (Å²) >= 11 is 0. The topological polar surface area (TPSA) is 172 Å². The van der Waals surface area contributed by atoms with Gasteiger partial charge in [-0.3, -0.25) is 9.97 Å². The molecule has 2 heterocycles. The molecule has 1 radical (unpaired) electrons. The van der Waals surface area contributed by atoms with Crippen LogP contribution in [0.1, 0.15) is 13.8 Å². The Bertz CT molecular complexity index is 468. The van der Waals surface area contributed by atoms with Crippen molar-refractivity contribution in [2.75, 3.05) is 0 Å². The number of carbonyl (C=O) groups excluding carboxylic acids is 2. The fourth-order valence-corrected chi connectivity index (χ4v) is 1.03. The Labute approximate surface area is 144 Å². The number of hydrogen-bond donors (Lipinski definition) is 0. The summed E-state index contributed by atoms with van der Waals surface area (Å²) in [7, 11) is 0. The van der Waals surface area contributed by atoms with Gasteiger partial charge < -0.3 is 30.8 Å². The first kappa shape index (κ1) is 28.8. The van der Waals surface area contributed by atoms with Gasteiger partial charge in [-0.15, -0.1) is 0 Å². The molecule has 0 saturated carbocycles. The fraction of sp³-hybridized carbons (Fsp3) is 0.143. The van der Waals surface area contributed by atoms with Crippen molar-refractivity contribution in [2.24, 2.45) is 0 Å². The maximum Gasteiger partial charge on any atom is 2.00 e. The second-order valence-electron chi connectivity index (χ2n) is 3.41. The molecule has 0 fully saturated rings. The van der Waals surface area contributed by atoms with Gasteiger partial charge in [-0.25, -0.2) is 0 Å². The third kappa shape index (κ3) is 19.7. The van der Waals surface area contributed by atoms with Crippen LogP contribution in [0.2, 0.25) is 0 Å². The number of carbonyl (C=O) groups is 2. The monoisotopic (exact) mass is 367 g/mol. The Hall–Kier alpha value is -2.32. The quantitative estimate of drug-likeness (QED) is 0.409. The van der Waals surface area contributed by atoms with Crippen molar-refractivity contribution in [3.8, 4) is 11.4 Å². The van der Waals surface area contributed by atoms with E-state index in [4.69, 9.17) is 19.8 Å². The summed E-state index contributed by atoms with van der Waals surface area (Å²) in [5.41, 5.74) is 1.83. The molecule has 0 aliphatic rings. The minimum absolute atomic E-state index is 0. The average Bonchev–Trinajstić information content (AvgIpc) is 2.39. The van der Waals surface area contributed by atoms with Gasteiger partial charge in [0, 0.05) is 24.3 Å². The fourth-order valence-electron chi connectivity index (χ4n) is 1.03. The molecule has 0 amide bonds. The molecule has 0 aromatic carbocycles. The van der Waals surface area contributed by atoms with Crippen LogP contribution >= 0.6 is 0 Å². The number of nitrogens with zero attached hydrogens (tertiary/aromatic N) is 2. The van der Waals surface area contributed by atoms with Crippen molar-refractivity contribution in [2.45, 2.75) is 13.8 Å². The van der Waals surface area contributed by atoms with E-state index in [9.17, 15) is 0 Å². The van der Waals surface area contributed by atoms with E-state index < -0.39 is 11.9 Å². The molecule has 23 heavy (non-hydrogen) atoms. The van der Waals surface area contributed by atoms with E-state index in [-0.39, 0.29) is 28.0 Å². The van der Waals surface area contributed by atoms with E-state index >= 15 is 0 Å². The van der Waals surface area contributed by atoms with Crippen LogP contribution in [0, 0.1) is 0 Å². The summed E-state index contributed by atoms with van der Waals surface area (Å²) in [6.07, 6.45) is 3.54. The van der Waals surface area contributed by atoms with Crippen molar-refractivity contribution < 1.29 is 47.8 Å². The van der Waals surface area contributed by atoms with E-state index in [2.05, 4.69) is 9.97 Å². The Morgan fingerprint density at radius 2 is 1.04 bits per heavy atom. The molecule has 9 heteroatoms. The van der Waals surface area contributed by atoms with E-state index in [1.54, 1.807) is 12.4 Å². The van der Waals surface area contributed by atoms with Gasteiger partial charge in [0.25, 0.3) is 0 Å². The zero-order valence-corrected chi connectivity index (χ0v) is 13.9. The van der Waals surface area contributed by atoms with Gasteiger partial charge in [0.05, 0.1) is 11.4 Å². The second-order valence-corrected chi connectivity index (χ2v) is 3.41. The first-order valence-corrected chi connectivity index (χ1v) is 5.61. The zero-order valence-electron chi connectivity index (χ0n) is 12.7. The molecule has 0 spiro atoms. The maximum absolute atomic E-state index is 8.89. The Morgan fingerprint density at radius 1 is 0.783 bits per heavy atom. The van der Waals surface area contributed by atoms with Crippen molar-refractivity contribution in [3.63, 3.8) is 0 Å². The van der Waals surface area contributed by atoms with Gasteiger partial charge in [0.2, 0.25) is 0 Å². The van der Waals surface area contributed by atoms with E-state index in [0.29, 0.717) is 0 Å². The molecule has 6 N–H and O–H groups in total. The SMILES string of the molecule is CC(=O)[O-].CC(=O)[O-].[Mn+2].[OH3+].[OH3+].c1ccc(-c2ccccn2)nc1. The summed E-state index contributed by atoms with van der Waals surface area (Å²) in [6.45, 7) is 1.94. The van der Waals surface area contributed by atoms with Gasteiger partial charge in [0.1, 0.15) is 0 Å². The van der Waals surface area contributed by atoms with Crippen molar-refractivity contribution in [3.05, 3.63) is 48.8 Å². The first-order chi connectivity index (χ1) is 9.43. The minimum Gasteiger partial charge on any atom is -0.550 e. The molecule has 127 valence electrons. The molecule has 0 saturated heterocycles. The number of aliphatic carboxylic acids is 2. The van der Waals surface area contributed by atoms with Crippen LogP contribution in [-0.4, -0.2) is 21.9 Å². The zero-order chi connectivity index (χ0) is 15.4. The average molecular weight is 367 g/mol. The molecular formula is C14H20MnN2O6+2. The van der Waals surface area contributed by atoms with Crippen LogP contribution in [0.5, 0.6) is 0 Å². The smallest absolute Gasteiger partial charge is 0.550 e. The third-order valence-corrected chi connectivity index (χ3v) is 1.59. The predicted octanol–water partition coefficient (Wildman–Crippen LogP) is -2.19. The summed E-state index contributed by atoms with van der Waals surface area (Å²) in [5, 5.41) is 17.8. The standard InChI is InChI=1S/C10H8N2.2C2H4O2.Mn.2H2O/c1-3-7-11-9(5-1)10-6-2-4-8-12-10;2*1-2(3)4;;;/h1-8H;2*1H3,(H,3,4);;2*1H2/q;;;+2;;. The summed E-state index contributed by atoms with van der Waals surface area (Å²) in [5.74, 6) is -2.17. The minimum atomic E-state index is -1.08. The summed E-state index contributed by atoms with van der Waals surface area (Å²) in [4.78, 5) is 26.2. The van der Waals surface area contributed by atoms with E-state index in [1.807, 2.05) is 36.4 Å². The molecule has 0 atom stereocenters. The van der Waals surface area contributed by atoms with Crippen LogP contribution in [0.3, 0.4) is 0 Å². The summed E-state index contributed by atoms with van der Waals surface area (Å²) in [6, 6.07) is 11.6. The number of pyridine rings is 2. The molecule has 0 bridgehead atoms. The largest absolute Gasteiger partial charge is 2.00 e. The van der Waals surface area contributed by atoms with Gasteiger partial charge in [-0.1, -0.05) is 12.1 Å². The normalized spacial score (nSPS) is 7.22.